The predicted octanol–water partition coefficient (Wildman–Crippen LogP) is 2.80. The molecule has 3 aromatic rings. The van der Waals surface area contributed by atoms with E-state index in [1.165, 1.54) is 0 Å². The Labute approximate surface area is 122 Å². The van der Waals surface area contributed by atoms with Crippen molar-refractivity contribution in [3.8, 4) is 28.3 Å². The van der Waals surface area contributed by atoms with Crippen LogP contribution in [0.4, 0.5) is 5.95 Å². The Balaban J connectivity index is 2.05. The maximum atomic E-state index is 5.83. The molecule has 0 saturated carbocycles. The summed E-state index contributed by atoms with van der Waals surface area (Å²) in [6, 6.07) is 13.3. The molecule has 0 aliphatic heterocycles. The average molecular weight is 278 g/mol. The highest BCUT2D eigenvalue weighted by molar-refractivity contribution is 5.69. The molecular formula is C16H14N4O. The van der Waals surface area contributed by atoms with E-state index in [2.05, 4.69) is 15.0 Å². The number of nitrogens with zero attached hydrogens (tertiary/aromatic N) is 3. The van der Waals surface area contributed by atoms with Gasteiger partial charge in [0.1, 0.15) is 5.75 Å². The Morgan fingerprint density at radius 1 is 0.857 bits per heavy atom. The zero-order valence-electron chi connectivity index (χ0n) is 11.5. The molecule has 5 heteroatoms. The number of hydrogen-bond acceptors (Lipinski definition) is 5. The third kappa shape index (κ3) is 2.81. The van der Waals surface area contributed by atoms with E-state index >= 15 is 0 Å². The minimum Gasteiger partial charge on any atom is -0.497 e. The van der Waals surface area contributed by atoms with Gasteiger partial charge >= 0.3 is 0 Å². The van der Waals surface area contributed by atoms with E-state index in [0.717, 1.165) is 28.3 Å². The highest BCUT2D eigenvalue weighted by Gasteiger charge is 2.07. The van der Waals surface area contributed by atoms with Crippen LogP contribution < -0.4 is 10.5 Å². The Morgan fingerprint density at radius 2 is 1.43 bits per heavy atom. The Bertz CT molecular complexity index is 742. The van der Waals surface area contributed by atoms with Crippen LogP contribution in [0.3, 0.4) is 0 Å². The first-order valence-electron chi connectivity index (χ1n) is 6.45. The van der Waals surface area contributed by atoms with Crippen LogP contribution in [0.25, 0.3) is 22.5 Å². The van der Waals surface area contributed by atoms with Crippen LogP contribution >= 0.6 is 0 Å². The summed E-state index contributed by atoms with van der Waals surface area (Å²) >= 11 is 0. The number of methoxy groups -OCH3 is 1. The molecule has 5 nitrogen and oxygen atoms in total. The van der Waals surface area contributed by atoms with Gasteiger partial charge in [-0.15, -0.1) is 0 Å². The molecule has 0 fully saturated rings. The summed E-state index contributed by atoms with van der Waals surface area (Å²) in [4.78, 5) is 12.6. The molecule has 0 spiro atoms. The molecule has 2 N–H and O–H groups in total. The third-order valence-electron chi connectivity index (χ3n) is 3.11. The van der Waals surface area contributed by atoms with Crippen molar-refractivity contribution in [3.63, 3.8) is 0 Å². The van der Waals surface area contributed by atoms with Crippen molar-refractivity contribution in [1.29, 1.82) is 0 Å². The summed E-state index contributed by atoms with van der Waals surface area (Å²) in [5, 5.41) is 0. The van der Waals surface area contributed by atoms with E-state index in [4.69, 9.17) is 10.5 Å². The van der Waals surface area contributed by atoms with Gasteiger partial charge < -0.3 is 10.5 Å². The standard InChI is InChI=1S/C16H14N4O/c1-21-13-4-2-11(3-5-13)14-10-15(20-16(17)19-14)12-6-8-18-9-7-12/h2-10H,1H3,(H2,17,19,20). The molecule has 0 unspecified atom stereocenters. The van der Waals surface area contributed by atoms with E-state index < -0.39 is 0 Å². The van der Waals surface area contributed by atoms with Gasteiger partial charge in [0, 0.05) is 23.5 Å². The monoisotopic (exact) mass is 278 g/mol. The average Bonchev–Trinajstić information content (AvgIpc) is 2.55. The lowest BCUT2D eigenvalue weighted by molar-refractivity contribution is 0.415. The smallest absolute Gasteiger partial charge is 0.221 e. The summed E-state index contributed by atoms with van der Waals surface area (Å²) in [5.41, 5.74) is 9.29. The number of nitrogens with two attached hydrogens (primary N) is 1. The van der Waals surface area contributed by atoms with Gasteiger partial charge in [0.2, 0.25) is 5.95 Å². The molecule has 0 bridgehead atoms. The lowest BCUT2D eigenvalue weighted by atomic mass is 10.1. The van der Waals surface area contributed by atoms with Crippen LogP contribution in [0.2, 0.25) is 0 Å². The van der Waals surface area contributed by atoms with Gasteiger partial charge in [-0.2, -0.15) is 0 Å². The molecule has 0 amide bonds. The summed E-state index contributed by atoms with van der Waals surface area (Å²) in [7, 11) is 1.64. The van der Waals surface area contributed by atoms with Gasteiger partial charge in [-0.1, -0.05) is 0 Å². The van der Waals surface area contributed by atoms with Crippen LogP contribution in [0, 0.1) is 0 Å². The van der Waals surface area contributed by atoms with E-state index in [0.29, 0.717) is 0 Å². The highest BCUT2D eigenvalue weighted by atomic mass is 16.5. The van der Waals surface area contributed by atoms with Crippen LogP contribution in [0.5, 0.6) is 5.75 Å². The van der Waals surface area contributed by atoms with Gasteiger partial charge in [0.25, 0.3) is 0 Å². The number of hydrogen-bond donors (Lipinski definition) is 1. The molecule has 0 aliphatic carbocycles. The number of pyridine rings is 1. The van der Waals surface area contributed by atoms with Gasteiger partial charge in [0.05, 0.1) is 18.5 Å². The largest absolute Gasteiger partial charge is 0.497 e. The number of benzene rings is 1. The van der Waals surface area contributed by atoms with Crippen molar-refractivity contribution in [2.45, 2.75) is 0 Å². The van der Waals surface area contributed by atoms with E-state index in [1.807, 2.05) is 42.5 Å². The van der Waals surface area contributed by atoms with Crippen molar-refractivity contribution in [1.82, 2.24) is 15.0 Å². The zero-order valence-corrected chi connectivity index (χ0v) is 11.5. The van der Waals surface area contributed by atoms with Crippen molar-refractivity contribution in [3.05, 3.63) is 54.9 Å². The summed E-state index contributed by atoms with van der Waals surface area (Å²) in [6.07, 6.45) is 3.45. The number of ether oxygens (including phenoxy) is 1. The molecule has 0 aliphatic rings. The van der Waals surface area contributed by atoms with Crippen molar-refractivity contribution in [2.24, 2.45) is 0 Å². The minimum absolute atomic E-state index is 0.245. The summed E-state index contributed by atoms with van der Waals surface area (Å²) < 4.78 is 5.16. The zero-order chi connectivity index (χ0) is 14.7. The second-order valence-corrected chi connectivity index (χ2v) is 4.46. The first kappa shape index (κ1) is 13.1. The van der Waals surface area contributed by atoms with Crippen LogP contribution in [-0.2, 0) is 0 Å². The highest BCUT2D eigenvalue weighted by Crippen LogP contribution is 2.25. The van der Waals surface area contributed by atoms with Crippen LogP contribution in [0.1, 0.15) is 0 Å². The Kier molecular flexibility index (Phi) is 3.47. The first-order chi connectivity index (χ1) is 10.3. The quantitative estimate of drug-likeness (QED) is 0.797. The third-order valence-corrected chi connectivity index (χ3v) is 3.11. The lowest BCUT2D eigenvalue weighted by Crippen LogP contribution is -1.98. The molecule has 0 saturated heterocycles. The predicted molar refractivity (Wildman–Crippen MR) is 81.7 cm³/mol. The normalized spacial score (nSPS) is 10.3. The van der Waals surface area contributed by atoms with Crippen LogP contribution in [-0.4, -0.2) is 22.1 Å². The molecule has 21 heavy (non-hydrogen) atoms. The topological polar surface area (TPSA) is 73.9 Å². The Hall–Kier alpha value is -2.95. The molecular weight excluding hydrogens is 264 g/mol. The van der Waals surface area contributed by atoms with Crippen molar-refractivity contribution >= 4 is 5.95 Å². The minimum atomic E-state index is 0.245. The molecule has 104 valence electrons. The summed E-state index contributed by atoms with van der Waals surface area (Å²) in [6.45, 7) is 0. The van der Waals surface area contributed by atoms with Crippen LogP contribution in [0.15, 0.2) is 54.9 Å². The van der Waals surface area contributed by atoms with Crippen molar-refractivity contribution < 1.29 is 4.74 Å². The summed E-state index contributed by atoms with van der Waals surface area (Å²) in [5.74, 6) is 1.05. The number of anilines is 1. The SMILES string of the molecule is COc1ccc(-c2cc(-c3ccncc3)nc(N)n2)cc1. The van der Waals surface area contributed by atoms with Gasteiger partial charge in [-0.05, 0) is 42.5 Å². The number of nitrogen functional groups attached to an aromatic ring is 1. The molecule has 2 aromatic heterocycles. The van der Waals surface area contributed by atoms with E-state index in [9.17, 15) is 0 Å². The van der Waals surface area contributed by atoms with Gasteiger partial charge in [-0.25, -0.2) is 9.97 Å². The van der Waals surface area contributed by atoms with Gasteiger partial charge in [0.15, 0.2) is 0 Å². The van der Waals surface area contributed by atoms with E-state index in [1.54, 1.807) is 19.5 Å². The fourth-order valence-electron chi connectivity index (χ4n) is 2.05. The molecule has 2 heterocycles. The number of rotatable bonds is 3. The molecule has 0 atom stereocenters. The van der Waals surface area contributed by atoms with Crippen molar-refractivity contribution in [2.75, 3.05) is 12.8 Å². The molecule has 1 aromatic carbocycles. The van der Waals surface area contributed by atoms with Gasteiger partial charge in [-0.3, -0.25) is 4.98 Å². The fourth-order valence-corrected chi connectivity index (χ4v) is 2.05. The number of aromatic nitrogens is 3. The lowest BCUT2D eigenvalue weighted by Gasteiger charge is -2.07. The second kappa shape index (κ2) is 5.58. The van der Waals surface area contributed by atoms with E-state index in [-0.39, 0.29) is 5.95 Å². The maximum absolute atomic E-state index is 5.83. The maximum Gasteiger partial charge on any atom is 0.221 e. The fraction of sp³-hybridized carbons (Fsp3) is 0.0625. The molecule has 0 radical (unpaired) electrons. The molecule has 3 rings (SSSR count). The first-order valence-corrected chi connectivity index (χ1v) is 6.45. The Morgan fingerprint density at radius 3 is 2.00 bits per heavy atom. The second-order valence-electron chi connectivity index (χ2n) is 4.46.